The molecule has 1 fully saturated rings. The van der Waals surface area contributed by atoms with Gasteiger partial charge in [0, 0.05) is 18.8 Å². The molecule has 0 aliphatic carbocycles. The van der Waals surface area contributed by atoms with Gasteiger partial charge in [-0.15, -0.1) is 5.10 Å². The van der Waals surface area contributed by atoms with Gasteiger partial charge in [-0.2, -0.15) is 0 Å². The van der Waals surface area contributed by atoms with Crippen LogP contribution in [-0.4, -0.2) is 58.8 Å². The lowest BCUT2D eigenvalue weighted by molar-refractivity contribution is -0.0454. The summed E-state index contributed by atoms with van der Waals surface area (Å²) in [6, 6.07) is 0. The summed E-state index contributed by atoms with van der Waals surface area (Å²) in [4.78, 5) is 28.2. The van der Waals surface area contributed by atoms with E-state index in [9.17, 15) is 19.4 Å². The number of imidazole rings is 1. The molecule has 0 radical (unpaired) electrons. The molecule has 0 saturated carbocycles. The molecule has 0 aromatic carbocycles. The minimum Gasteiger partial charge on any atom is -0.390 e. The SMILES string of the molecule is NC(=O)c1ncn([C@H]2C[C@H](O)C(COP(=O)(O)n3ccnc3)O2)n1. The third-order valence-electron chi connectivity index (χ3n) is 3.42. The molecule has 1 saturated heterocycles. The maximum Gasteiger partial charge on any atom is 0.437 e. The Balaban J connectivity index is 1.61. The predicted octanol–water partition coefficient (Wildman–Crippen LogP) is -1.11. The highest BCUT2D eigenvalue weighted by atomic mass is 31.2. The Morgan fingerprint density at radius 1 is 1.54 bits per heavy atom. The Morgan fingerprint density at radius 2 is 2.33 bits per heavy atom. The van der Waals surface area contributed by atoms with E-state index in [2.05, 4.69) is 15.1 Å². The first-order valence-electron chi connectivity index (χ1n) is 6.87. The van der Waals surface area contributed by atoms with Crippen molar-refractivity contribution in [3.8, 4) is 0 Å². The number of hydrogen-bond donors (Lipinski definition) is 3. The van der Waals surface area contributed by atoms with Crippen molar-refractivity contribution in [2.45, 2.75) is 24.9 Å². The van der Waals surface area contributed by atoms with Crippen molar-refractivity contribution in [2.75, 3.05) is 6.61 Å². The molecule has 2 aromatic rings. The molecule has 24 heavy (non-hydrogen) atoms. The number of aliphatic hydroxyl groups is 1. The molecular weight excluding hydrogens is 343 g/mol. The van der Waals surface area contributed by atoms with E-state index >= 15 is 0 Å². The summed E-state index contributed by atoms with van der Waals surface area (Å²) in [6.07, 6.45) is 2.69. The van der Waals surface area contributed by atoms with E-state index in [0.29, 0.717) is 0 Å². The van der Waals surface area contributed by atoms with Crippen LogP contribution < -0.4 is 5.73 Å². The number of amides is 1. The van der Waals surface area contributed by atoms with Crippen LogP contribution in [0, 0.1) is 0 Å². The third kappa shape index (κ3) is 3.37. The average molecular weight is 358 g/mol. The molecule has 2 aromatic heterocycles. The molecule has 1 aliphatic heterocycles. The largest absolute Gasteiger partial charge is 0.437 e. The van der Waals surface area contributed by atoms with Crippen LogP contribution in [0.25, 0.3) is 0 Å². The summed E-state index contributed by atoms with van der Waals surface area (Å²) in [7, 11) is -4.11. The molecule has 4 N–H and O–H groups in total. The van der Waals surface area contributed by atoms with Crippen molar-refractivity contribution >= 4 is 13.7 Å². The number of carbonyl (C=O) groups is 1. The van der Waals surface area contributed by atoms with Crippen molar-refractivity contribution in [1.29, 1.82) is 0 Å². The molecule has 0 spiro atoms. The maximum atomic E-state index is 12.0. The predicted molar refractivity (Wildman–Crippen MR) is 76.5 cm³/mol. The van der Waals surface area contributed by atoms with Gasteiger partial charge in [0.25, 0.3) is 5.91 Å². The van der Waals surface area contributed by atoms with Crippen molar-refractivity contribution < 1.29 is 28.6 Å². The van der Waals surface area contributed by atoms with Crippen LogP contribution in [0.15, 0.2) is 25.0 Å². The molecule has 0 bridgehead atoms. The van der Waals surface area contributed by atoms with Gasteiger partial charge in [0.1, 0.15) is 18.8 Å². The Morgan fingerprint density at radius 3 is 2.96 bits per heavy atom. The van der Waals surface area contributed by atoms with E-state index in [1.165, 1.54) is 23.4 Å². The van der Waals surface area contributed by atoms with E-state index in [1.807, 2.05) is 0 Å². The van der Waals surface area contributed by atoms with E-state index in [4.69, 9.17) is 15.0 Å². The van der Waals surface area contributed by atoms with Crippen LogP contribution in [0.3, 0.4) is 0 Å². The van der Waals surface area contributed by atoms with Crippen LogP contribution >= 0.6 is 7.75 Å². The normalized spacial score (nSPS) is 26.3. The molecule has 4 atom stereocenters. The second-order valence-corrected chi connectivity index (χ2v) is 6.77. The molecule has 3 rings (SSSR count). The summed E-state index contributed by atoms with van der Waals surface area (Å²) in [5.41, 5.74) is 5.07. The van der Waals surface area contributed by atoms with Crippen molar-refractivity contribution in [3.05, 3.63) is 30.9 Å². The molecule has 12 nitrogen and oxygen atoms in total. The average Bonchev–Trinajstić information content (AvgIpc) is 3.26. The van der Waals surface area contributed by atoms with E-state index in [1.54, 1.807) is 0 Å². The lowest BCUT2D eigenvalue weighted by atomic mass is 10.2. The van der Waals surface area contributed by atoms with Gasteiger partial charge in [0.2, 0.25) is 5.82 Å². The van der Waals surface area contributed by atoms with Gasteiger partial charge in [0.05, 0.1) is 12.7 Å². The Kier molecular flexibility index (Phi) is 4.47. The number of aliphatic hydroxyl groups excluding tert-OH is 1. The number of nitrogens with zero attached hydrogens (tertiary/aromatic N) is 5. The van der Waals surface area contributed by atoms with Crippen molar-refractivity contribution in [3.63, 3.8) is 0 Å². The first kappa shape index (κ1) is 16.7. The van der Waals surface area contributed by atoms with Gasteiger partial charge in [0.15, 0.2) is 6.23 Å². The van der Waals surface area contributed by atoms with Crippen molar-refractivity contribution in [1.82, 2.24) is 24.1 Å². The number of rotatable bonds is 6. The zero-order valence-electron chi connectivity index (χ0n) is 12.2. The fraction of sp³-hybridized carbons (Fsp3) is 0.455. The number of primary amides is 1. The second-order valence-electron chi connectivity index (χ2n) is 5.07. The van der Waals surface area contributed by atoms with Crippen LogP contribution in [0.1, 0.15) is 23.3 Å². The Bertz CT molecular complexity index is 763. The first-order valence-corrected chi connectivity index (χ1v) is 8.40. The van der Waals surface area contributed by atoms with Gasteiger partial charge >= 0.3 is 7.75 Å². The summed E-state index contributed by atoms with van der Waals surface area (Å²) < 4.78 is 24.7. The summed E-state index contributed by atoms with van der Waals surface area (Å²) in [5.74, 6) is -0.957. The fourth-order valence-corrected chi connectivity index (χ4v) is 3.09. The highest BCUT2D eigenvalue weighted by Crippen LogP contribution is 2.44. The lowest BCUT2D eigenvalue weighted by Crippen LogP contribution is -2.26. The molecule has 13 heteroatoms. The van der Waals surface area contributed by atoms with Crippen LogP contribution in [0.5, 0.6) is 0 Å². The molecule has 1 aliphatic rings. The second kappa shape index (κ2) is 6.42. The minimum atomic E-state index is -4.11. The summed E-state index contributed by atoms with van der Waals surface area (Å²) in [5, 5.41) is 13.9. The molecular formula is C11H15N6O6P. The molecule has 2 unspecified atom stereocenters. The number of hydrogen-bond acceptors (Lipinski definition) is 8. The van der Waals surface area contributed by atoms with Gasteiger partial charge in [-0.3, -0.25) is 9.32 Å². The zero-order valence-corrected chi connectivity index (χ0v) is 13.1. The summed E-state index contributed by atoms with van der Waals surface area (Å²) in [6.45, 7) is -0.318. The number of ether oxygens (including phenoxy) is 1. The van der Waals surface area contributed by atoms with E-state index in [0.717, 1.165) is 10.7 Å². The third-order valence-corrected chi connectivity index (χ3v) is 4.72. The molecule has 3 heterocycles. The minimum absolute atomic E-state index is 0.149. The Labute approximate surface area is 135 Å². The summed E-state index contributed by atoms with van der Waals surface area (Å²) >= 11 is 0. The van der Waals surface area contributed by atoms with Gasteiger partial charge in [-0.05, 0) is 0 Å². The fourth-order valence-electron chi connectivity index (χ4n) is 2.19. The standard InChI is InChI=1S/C11H15N6O6P/c12-10(19)11-14-6-17(15-11)9-3-7(18)8(23-9)4-22-24(20,21)16-2-1-13-5-16/h1-2,5-9,18H,3-4H2,(H2,12,19)(H,20,21)/t7-,8?,9+/m0/s1. The number of carbonyl (C=O) groups excluding carboxylic acids is 1. The van der Waals surface area contributed by atoms with Gasteiger partial charge < -0.3 is 20.5 Å². The molecule has 130 valence electrons. The maximum absolute atomic E-state index is 12.0. The Hall–Kier alpha value is -2.11. The van der Waals surface area contributed by atoms with Crippen molar-refractivity contribution in [2.24, 2.45) is 5.73 Å². The monoisotopic (exact) mass is 358 g/mol. The van der Waals surface area contributed by atoms with Crippen LogP contribution in [0.4, 0.5) is 0 Å². The molecule has 1 amide bonds. The highest BCUT2D eigenvalue weighted by molar-refractivity contribution is 7.51. The zero-order chi connectivity index (χ0) is 17.3. The van der Waals surface area contributed by atoms with Gasteiger partial charge in [-0.1, -0.05) is 0 Å². The van der Waals surface area contributed by atoms with Gasteiger partial charge in [-0.25, -0.2) is 23.6 Å². The van der Waals surface area contributed by atoms with Crippen LogP contribution in [-0.2, 0) is 13.8 Å². The topological polar surface area (TPSA) is 168 Å². The number of nitrogens with two attached hydrogens (primary N) is 1. The quantitative estimate of drug-likeness (QED) is 0.542. The van der Waals surface area contributed by atoms with Crippen LogP contribution in [0.2, 0.25) is 0 Å². The highest BCUT2D eigenvalue weighted by Gasteiger charge is 2.37. The smallest absolute Gasteiger partial charge is 0.390 e. The number of aromatic nitrogens is 5. The lowest BCUT2D eigenvalue weighted by Gasteiger charge is -2.18. The van der Waals surface area contributed by atoms with E-state index in [-0.39, 0.29) is 18.9 Å². The first-order chi connectivity index (χ1) is 11.4. The van der Waals surface area contributed by atoms with E-state index < -0.39 is 32.1 Å².